The summed E-state index contributed by atoms with van der Waals surface area (Å²) in [5.74, 6) is 2.83. The lowest BCUT2D eigenvalue weighted by atomic mass is 10.1. The van der Waals surface area contributed by atoms with E-state index < -0.39 is 0 Å². The Labute approximate surface area is 85.9 Å². The van der Waals surface area contributed by atoms with E-state index in [9.17, 15) is 0 Å². The van der Waals surface area contributed by atoms with Crippen molar-refractivity contribution in [1.29, 1.82) is 0 Å². The number of quaternary nitrogens is 1. The molecule has 0 saturated carbocycles. The van der Waals surface area contributed by atoms with Crippen LogP contribution in [-0.2, 0) is 0 Å². The minimum absolute atomic E-state index is 0. The maximum Gasteiger partial charge on any atom is 0.0878 e. The molecule has 2 fully saturated rings. The molecule has 0 aliphatic carbocycles. The fraction of sp³-hybridized carbons (Fsp3) is 1.00. The molecule has 0 radical (unpaired) electrons. The molecule has 0 bridgehead atoms. The number of nitrogens with zero attached hydrogens (tertiary/aromatic N) is 1. The normalized spacial score (nSPS) is 28.0. The van der Waals surface area contributed by atoms with Crippen LogP contribution in [0.4, 0.5) is 0 Å². The average molecular weight is 208 g/mol. The number of hydrogen-bond donors (Lipinski definition) is 0. The monoisotopic (exact) mass is 207 g/mol. The lowest BCUT2D eigenvalue weighted by Gasteiger charge is -2.43. The van der Waals surface area contributed by atoms with Crippen molar-refractivity contribution in [2.75, 3.05) is 37.7 Å². The van der Waals surface area contributed by atoms with Crippen molar-refractivity contribution in [3.8, 4) is 0 Å². The Balaban J connectivity index is 0.000000720. The van der Waals surface area contributed by atoms with Crippen molar-refractivity contribution in [3.05, 3.63) is 0 Å². The first kappa shape index (κ1) is 10.7. The van der Waals surface area contributed by atoms with Crippen molar-refractivity contribution in [1.82, 2.24) is 0 Å². The van der Waals surface area contributed by atoms with E-state index in [2.05, 4.69) is 11.8 Å². The van der Waals surface area contributed by atoms with E-state index in [1.165, 1.54) is 61.4 Å². The van der Waals surface area contributed by atoms with Crippen LogP contribution in [0, 0.1) is 0 Å². The van der Waals surface area contributed by atoms with Gasteiger partial charge in [0.15, 0.2) is 0 Å². The zero-order valence-corrected chi connectivity index (χ0v) is 9.17. The van der Waals surface area contributed by atoms with Gasteiger partial charge in [-0.3, -0.25) is 0 Å². The Morgan fingerprint density at radius 3 is 1.92 bits per heavy atom. The molecular weight excluding hydrogens is 190 g/mol. The lowest BCUT2D eigenvalue weighted by molar-refractivity contribution is -0.929. The maximum atomic E-state index is 2.15. The van der Waals surface area contributed by atoms with Crippen molar-refractivity contribution in [2.24, 2.45) is 0 Å². The van der Waals surface area contributed by atoms with E-state index in [1.807, 2.05) is 0 Å². The fourth-order valence-electron chi connectivity index (χ4n) is 2.36. The standard InChI is InChI=1S/C9H18NS.ClH/c1-2-4-10(5-3-1)6-8-11-9-7-10;/h1-9H2;1H/q+1;/p-1. The molecule has 0 aromatic rings. The van der Waals surface area contributed by atoms with Gasteiger partial charge in [0.2, 0.25) is 0 Å². The highest BCUT2D eigenvalue weighted by molar-refractivity contribution is 7.99. The summed E-state index contributed by atoms with van der Waals surface area (Å²) in [4.78, 5) is 0. The number of thioether (sulfide) groups is 1. The van der Waals surface area contributed by atoms with Crippen LogP contribution in [0.15, 0.2) is 0 Å². The van der Waals surface area contributed by atoms with E-state index in [-0.39, 0.29) is 12.4 Å². The van der Waals surface area contributed by atoms with Crippen LogP contribution in [0.25, 0.3) is 0 Å². The molecule has 2 rings (SSSR count). The van der Waals surface area contributed by atoms with Gasteiger partial charge in [-0.05, 0) is 19.3 Å². The zero-order valence-electron chi connectivity index (χ0n) is 7.60. The first-order chi connectivity index (χ1) is 5.41. The Hall–Kier alpha value is 0.600. The summed E-state index contributed by atoms with van der Waals surface area (Å²) < 4.78 is 1.48. The second kappa shape index (κ2) is 4.73. The van der Waals surface area contributed by atoms with E-state index in [1.54, 1.807) is 0 Å². The molecule has 12 heavy (non-hydrogen) atoms. The molecule has 2 heterocycles. The van der Waals surface area contributed by atoms with Crippen LogP contribution in [0.3, 0.4) is 0 Å². The third-order valence-corrected chi connectivity index (χ3v) is 4.13. The van der Waals surface area contributed by atoms with Gasteiger partial charge in [0.05, 0.1) is 26.2 Å². The number of hydrogen-bond acceptors (Lipinski definition) is 1. The highest BCUT2D eigenvalue weighted by Gasteiger charge is 2.31. The molecule has 0 aromatic carbocycles. The number of halogens is 1. The molecule has 0 unspecified atom stereocenters. The molecule has 0 amide bonds. The predicted octanol–water partition coefficient (Wildman–Crippen LogP) is -1.26. The van der Waals surface area contributed by atoms with Crippen molar-refractivity contribution in [2.45, 2.75) is 19.3 Å². The summed E-state index contributed by atoms with van der Waals surface area (Å²) in [5, 5.41) is 0. The van der Waals surface area contributed by atoms with Gasteiger partial charge in [-0.1, -0.05) is 0 Å². The Morgan fingerprint density at radius 2 is 1.33 bits per heavy atom. The van der Waals surface area contributed by atoms with Crippen molar-refractivity contribution >= 4 is 11.8 Å². The third kappa shape index (κ3) is 2.30. The highest BCUT2D eigenvalue weighted by Crippen LogP contribution is 2.24. The summed E-state index contributed by atoms with van der Waals surface area (Å²) >= 11 is 2.15. The van der Waals surface area contributed by atoms with Gasteiger partial charge in [-0.25, -0.2) is 0 Å². The van der Waals surface area contributed by atoms with Gasteiger partial charge in [-0.15, -0.1) is 0 Å². The summed E-state index contributed by atoms with van der Waals surface area (Å²) in [5.41, 5.74) is 0. The minimum Gasteiger partial charge on any atom is -1.00 e. The van der Waals surface area contributed by atoms with E-state index in [0.29, 0.717) is 0 Å². The minimum atomic E-state index is 0. The molecule has 0 atom stereocenters. The van der Waals surface area contributed by atoms with Crippen LogP contribution in [0.2, 0.25) is 0 Å². The van der Waals surface area contributed by atoms with Crippen LogP contribution in [0.1, 0.15) is 19.3 Å². The quantitative estimate of drug-likeness (QED) is 0.447. The Morgan fingerprint density at radius 1 is 0.750 bits per heavy atom. The summed E-state index contributed by atoms with van der Waals surface area (Å²) in [7, 11) is 0. The van der Waals surface area contributed by atoms with Crippen molar-refractivity contribution in [3.63, 3.8) is 0 Å². The van der Waals surface area contributed by atoms with Crippen molar-refractivity contribution < 1.29 is 16.9 Å². The third-order valence-electron chi connectivity index (χ3n) is 3.18. The average Bonchev–Trinajstić information content (AvgIpc) is 2.07. The first-order valence-electron chi connectivity index (χ1n) is 4.84. The van der Waals surface area contributed by atoms with E-state index in [0.717, 1.165) is 0 Å². The maximum absolute atomic E-state index is 2.15. The number of rotatable bonds is 0. The van der Waals surface area contributed by atoms with Gasteiger partial charge < -0.3 is 16.9 Å². The molecule has 1 nitrogen and oxygen atoms in total. The molecular formula is C9H18ClNS. The molecule has 0 aromatic heterocycles. The van der Waals surface area contributed by atoms with Gasteiger partial charge in [0.25, 0.3) is 0 Å². The molecule has 0 N–H and O–H groups in total. The van der Waals surface area contributed by atoms with Crippen LogP contribution in [-0.4, -0.2) is 42.2 Å². The topological polar surface area (TPSA) is 0 Å². The molecule has 2 saturated heterocycles. The molecule has 3 heteroatoms. The van der Waals surface area contributed by atoms with Gasteiger partial charge in [0, 0.05) is 11.5 Å². The Bertz CT molecular complexity index is 109. The number of piperidine rings is 1. The van der Waals surface area contributed by atoms with Crippen LogP contribution < -0.4 is 12.4 Å². The van der Waals surface area contributed by atoms with E-state index >= 15 is 0 Å². The smallest absolute Gasteiger partial charge is 0.0878 e. The summed E-state index contributed by atoms with van der Waals surface area (Å²) in [6.07, 6.45) is 4.47. The lowest BCUT2D eigenvalue weighted by Crippen LogP contribution is -3.00. The predicted molar refractivity (Wildman–Crippen MR) is 50.9 cm³/mol. The molecule has 1 spiro atoms. The second-order valence-corrected chi connectivity index (χ2v) is 5.13. The largest absolute Gasteiger partial charge is 1.00 e. The highest BCUT2D eigenvalue weighted by atomic mass is 35.5. The van der Waals surface area contributed by atoms with Gasteiger partial charge in [0.1, 0.15) is 0 Å². The van der Waals surface area contributed by atoms with Gasteiger partial charge in [-0.2, -0.15) is 11.8 Å². The first-order valence-corrected chi connectivity index (χ1v) is 6.00. The van der Waals surface area contributed by atoms with Crippen LogP contribution in [0.5, 0.6) is 0 Å². The van der Waals surface area contributed by atoms with Crippen LogP contribution >= 0.6 is 11.8 Å². The SMILES string of the molecule is C1CC[N+]2(CC1)CCSCC2.[Cl-]. The van der Waals surface area contributed by atoms with Gasteiger partial charge >= 0.3 is 0 Å². The summed E-state index contributed by atoms with van der Waals surface area (Å²) in [6.45, 7) is 5.90. The molecule has 72 valence electrons. The summed E-state index contributed by atoms with van der Waals surface area (Å²) in [6, 6.07) is 0. The second-order valence-electron chi connectivity index (χ2n) is 3.91. The zero-order chi connectivity index (χ0) is 7.57. The molecule has 2 aliphatic heterocycles. The fourth-order valence-corrected chi connectivity index (χ4v) is 3.60. The Kier molecular flexibility index (Phi) is 4.21. The molecule has 2 aliphatic rings. The van der Waals surface area contributed by atoms with E-state index in [4.69, 9.17) is 0 Å².